The Labute approximate surface area is 135 Å². The van der Waals surface area contributed by atoms with E-state index in [2.05, 4.69) is 26.2 Å². The molecule has 0 saturated carbocycles. The zero-order chi connectivity index (χ0) is 14.8. The molecule has 0 fully saturated rings. The van der Waals surface area contributed by atoms with Crippen LogP contribution in [0.4, 0.5) is 0 Å². The summed E-state index contributed by atoms with van der Waals surface area (Å²) in [4.78, 5) is 0. The highest BCUT2D eigenvalue weighted by Crippen LogP contribution is 2.29. The normalized spacial score (nSPS) is 12.3. The van der Waals surface area contributed by atoms with Gasteiger partial charge in [0.25, 0.3) is 0 Å². The molecule has 106 valence electrons. The highest BCUT2D eigenvalue weighted by atomic mass is 79.9. The number of benzene rings is 2. The maximum absolute atomic E-state index is 6.36. The van der Waals surface area contributed by atoms with Gasteiger partial charge in [0.1, 0.15) is 0 Å². The number of hydrogen-bond acceptors (Lipinski definition) is 3. The van der Waals surface area contributed by atoms with E-state index >= 15 is 0 Å². The Morgan fingerprint density at radius 1 is 1.14 bits per heavy atom. The van der Waals surface area contributed by atoms with Crippen LogP contribution >= 0.6 is 27.5 Å². The summed E-state index contributed by atoms with van der Waals surface area (Å²) >= 11 is 9.69. The molecule has 0 spiro atoms. The fraction of sp³-hybridized carbons (Fsp3) is 0.0667. The molecule has 0 amide bonds. The molecule has 2 aromatic carbocycles. The van der Waals surface area contributed by atoms with Crippen molar-refractivity contribution in [3.8, 4) is 5.69 Å². The van der Waals surface area contributed by atoms with Crippen molar-refractivity contribution in [1.29, 1.82) is 0 Å². The third-order valence-corrected chi connectivity index (χ3v) is 4.03. The van der Waals surface area contributed by atoms with E-state index in [1.807, 2.05) is 48.5 Å². The fourth-order valence-electron chi connectivity index (χ4n) is 2.14. The maximum Gasteiger partial charge on any atom is 0.0858 e. The molecular weight excluding hydrogens is 352 g/mol. The minimum atomic E-state index is -0.412. The molecule has 0 aliphatic rings. The van der Waals surface area contributed by atoms with E-state index in [-0.39, 0.29) is 0 Å². The van der Waals surface area contributed by atoms with Gasteiger partial charge in [0.05, 0.1) is 23.6 Å². The molecule has 0 radical (unpaired) electrons. The van der Waals surface area contributed by atoms with E-state index in [1.165, 1.54) is 0 Å². The number of rotatable bonds is 3. The summed E-state index contributed by atoms with van der Waals surface area (Å²) in [5.41, 5.74) is 8.87. The molecule has 1 unspecified atom stereocenters. The van der Waals surface area contributed by atoms with E-state index in [0.717, 1.165) is 21.4 Å². The molecule has 0 bridgehead atoms. The maximum atomic E-state index is 6.36. The lowest BCUT2D eigenvalue weighted by molar-refractivity contribution is 0.719. The summed E-state index contributed by atoms with van der Waals surface area (Å²) in [7, 11) is 0. The van der Waals surface area contributed by atoms with Crippen LogP contribution in [0, 0.1) is 0 Å². The van der Waals surface area contributed by atoms with Crippen molar-refractivity contribution in [3.05, 3.63) is 75.5 Å². The van der Waals surface area contributed by atoms with E-state index in [9.17, 15) is 0 Å². The lowest BCUT2D eigenvalue weighted by atomic mass is 10.0. The third kappa shape index (κ3) is 2.85. The van der Waals surface area contributed by atoms with Crippen molar-refractivity contribution in [3.63, 3.8) is 0 Å². The van der Waals surface area contributed by atoms with Gasteiger partial charge in [0.2, 0.25) is 0 Å². The standard InChI is InChI=1S/C15H12BrClN4/c16-10-6-7-13(17)12(8-10)15(18)14-9-19-20-21(14)11-4-2-1-3-5-11/h1-9,15H,18H2. The van der Waals surface area contributed by atoms with Gasteiger partial charge in [-0.1, -0.05) is 50.9 Å². The van der Waals surface area contributed by atoms with Crippen LogP contribution in [0.15, 0.2) is 59.2 Å². The van der Waals surface area contributed by atoms with Crippen LogP contribution in [-0.2, 0) is 0 Å². The van der Waals surface area contributed by atoms with Crippen molar-refractivity contribution < 1.29 is 0 Å². The lowest BCUT2D eigenvalue weighted by Crippen LogP contribution is -2.17. The summed E-state index contributed by atoms with van der Waals surface area (Å²) in [6.45, 7) is 0. The Balaban J connectivity index is 2.06. The van der Waals surface area contributed by atoms with Crippen molar-refractivity contribution in [1.82, 2.24) is 15.0 Å². The van der Waals surface area contributed by atoms with E-state index in [0.29, 0.717) is 5.02 Å². The highest BCUT2D eigenvalue weighted by molar-refractivity contribution is 9.10. The van der Waals surface area contributed by atoms with Gasteiger partial charge in [-0.3, -0.25) is 0 Å². The summed E-state index contributed by atoms with van der Waals surface area (Å²) in [5, 5.41) is 8.71. The number of hydrogen-bond donors (Lipinski definition) is 1. The summed E-state index contributed by atoms with van der Waals surface area (Å²) in [5.74, 6) is 0. The summed E-state index contributed by atoms with van der Waals surface area (Å²) < 4.78 is 2.65. The minimum Gasteiger partial charge on any atom is -0.319 e. The van der Waals surface area contributed by atoms with E-state index in [1.54, 1.807) is 10.9 Å². The second-order valence-electron chi connectivity index (χ2n) is 4.55. The predicted octanol–water partition coefficient (Wildman–Crippen LogP) is 3.73. The molecule has 0 aliphatic carbocycles. The van der Waals surface area contributed by atoms with Crippen LogP contribution < -0.4 is 5.73 Å². The number of nitrogens with two attached hydrogens (primary N) is 1. The van der Waals surface area contributed by atoms with Gasteiger partial charge in [-0.2, -0.15) is 0 Å². The Kier molecular flexibility index (Phi) is 4.05. The van der Waals surface area contributed by atoms with Crippen LogP contribution in [0.3, 0.4) is 0 Å². The molecule has 3 aromatic rings. The van der Waals surface area contributed by atoms with Crippen LogP contribution in [-0.4, -0.2) is 15.0 Å². The van der Waals surface area contributed by atoms with Crippen LogP contribution in [0.5, 0.6) is 0 Å². The zero-order valence-corrected chi connectivity index (χ0v) is 13.3. The lowest BCUT2D eigenvalue weighted by Gasteiger charge is -2.15. The predicted molar refractivity (Wildman–Crippen MR) is 86.5 cm³/mol. The van der Waals surface area contributed by atoms with Gasteiger partial charge in [-0.05, 0) is 35.9 Å². The first-order chi connectivity index (χ1) is 10.2. The largest absolute Gasteiger partial charge is 0.319 e. The average Bonchev–Trinajstić information content (AvgIpc) is 2.99. The molecule has 0 aliphatic heterocycles. The highest BCUT2D eigenvalue weighted by Gasteiger charge is 2.18. The first kappa shape index (κ1) is 14.3. The molecule has 1 heterocycles. The second-order valence-corrected chi connectivity index (χ2v) is 5.87. The smallest absolute Gasteiger partial charge is 0.0858 e. The second kappa shape index (κ2) is 5.97. The van der Waals surface area contributed by atoms with E-state index in [4.69, 9.17) is 17.3 Å². The molecule has 1 aromatic heterocycles. The fourth-order valence-corrected chi connectivity index (χ4v) is 2.75. The van der Waals surface area contributed by atoms with Gasteiger partial charge in [0, 0.05) is 9.50 Å². The Bertz CT molecular complexity index is 757. The Hall–Kier alpha value is -1.69. The molecule has 2 N–H and O–H groups in total. The third-order valence-electron chi connectivity index (χ3n) is 3.19. The number of halogens is 2. The molecule has 3 rings (SSSR count). The molecular formula is C15H12BrClN4. The van der Waals surface area contributed by atoms with Gasteiger partial charge in [0.15, 0.2) is 0 Å². The molecule has 21 heavy (non-hydrogen) atoms. The molecule has 4 nitrogen and oxygen atoms in total. The number of nitrogens with zero attached hydrogens (tertiary/aromatic N) is 3. The Morgan fingerprint density at radius 3 is 2.67 bits per heavy atom. The van der Waals surface area contributed by atoms with Crippen LogP contribution in [0.2, 0.25) is 5.02 Å². The summed E-state index contributed by atoms with van der Waals surface area (Å²) in [6.07, 6.45) is 1.66. The zero-order valence-electron chi connectivity index (χ0n) is 10.9. The van der Waals surface area contributed by atoms with Crippen molar-refractivity contribution in [2.45, 2.75) is 6.04 Å². The van der Waals surface area contributed by atoms with Crippen LogP contribution in [0.1, 0.15) is 17.3 Å². The first-order valence-corrected chi connectivity index (χ1v) is 7.50. The molecule has 6 heteroatoms. The molecule has 0 saturated heterocycles. The quantitative estimate of drug-likeness (QED) is 0.771. The monoisotopic (exact) mass is 362 g/mol. The van der Waals surface area contributed by atoms with Crippen molar-refractivity contribution in [2.75, 3.05) is 0 Å². The topological polar surface area (TPSA) is 56.7 Å². The van der Waals surface area contributed by atoms with Crippen LogP contribution in [0.25, 0.3) is 5.69 Å². The van der Waals surface area contributed by atoms with Crippen molar-refractivity contribution in [2.24, 2.45) is 5.73 Å². The number of aromatic nitrogens is 3. The Morgan fingerprint density at radius 2 is 1.90 bits per heavy atom. The van der Waals surface area contributed by atoms with Crippen molar-refractivity contribution >= 4 is 27.5 Å². The van der Waals surface area contributed by atoms with Gasteiger partial charge in [-0.25, -0.2) is 4.68 Å². The summed E-state index contributed by atoms with van der Waals surface area (Å²) in [6, 6.07) is 14.9. The van der Waals surface area contributed by atoms with E-state index < -0.39 is 6.04 Å². The van der Waals surface area contributed by atoms with Gasteiger partial charge < -0.3 is 5.73 Å². The first-order valence-electron chi connectivity index (χ1n) is 6.33. The minimum absolute atomic E-state index is 0.412. The number of para-hydroxylation sites is 1. The van der Waals surface area contributed by atoms with Gasteiger partial charge in [-0.15, -0.1) is 5.10 Å². The van der Waals surface area contributed by atoms with Gasteiger partial charge >= 0.3 is 0 Å². The average molecular weight is 364 g/mol. The molecule has 1 atom stereocenters. The SMILES string of the molecule is NC(c1cc(Br)ccc1Cl)c1cnnn1-c1ccccc1.